The summed E-state index contributed by atoms with van der Waals surface area (Å²) < 4.78 is 10.7. The van der Waals surface area contributed by atoms with Gasteiger partial charge in [-0.05, 0) is 36.0 Å². The number of carbonyl (C=O) groups excluding carboxylic acids is 1. The van der Waals surface area contributed by atoms with Crippen molar-refractivity contribution in [2.45, 2.75) is 39.2 Å². The van der Waals surface area contributed by atoms with Gasteiger partial charge in [0.15, 0.2) is 0 Å². The molecule has 128 valence electrons. The Labute approximate surface area is 144 Å². The molecule has 24 heavy (non-hydrogen) atoms. The highest BCUT2D eigenvalue weighted by Gasteiger charge is 2.27. The van der Waals surface area contributed by atoms with Crippen LogP contribution in [0, 0.1) is 5.92 Å². The van der Waals surface area contributed by atoms with Crippen LogP contribution in [-0.4, -0.2) is 18.6 Å². The smallest absolute Gasteiger partial charge is 0.223 e. The van der Waals surface area contributed by atoms with Gasteiger partial charge < -0.3 is 5.32 Å². The Kier molecular flexibility index (Phi) is 6.98. The number of nitrogens with one attached hydrogen (secondary N) is 1. The van der Waals surface area contributed by atoms with Gasteiger partial charge in [-0.15, -0.1) is 0 Å². The van der Waals surface area contributed by atoms with E-state index < -0.39 is 0 Å². The van der Waals surface area contributed by atoms with E-state index in [4.69, 9.17) is 0 Å². The number of amides is 1. The quantitative estimate of drug-likeness (QED) is 0.860. The minimum Gasteiger partial charge on any atom is -0.353 e. The van der Waals surface area contributed by atoms with Crippen molar-refractivity contribution >= 4 is 5.91 Å². The third-order valence-corrected chi connectivity index (χ3v) is 4.16. The van der Waals surface area contributed by atoms with E-state index in [2.05, 4.69) is 53.8 Å². The van der Waals surface area contributed by atoms with Gasteiger partial charge in [0.05, 0.1) is 6.67 Å². The first kappa shape index (κ1) is 18.2. The molecule has 2 aromatic carbocycles. The molecule has 1 amide bonds. The first-order chi connectivity index (χ1) is 11.6. The van der Waals surface area contributed by atoms with Gasteiger partial charge in [0.2, 0.25) is 5.91 Å². The monoisotopic (exact) mass is 327 g/mol. The summed E-state index contributed by atoms with van der Waals surface area (Å²) in [5, 5.41) is 3.06. The topological polar surface area (TPSA) is 29.1 Å². The van der Waals surface area contributed by atoms with Gasteiger partial charge in [0.25, 0.3) is 0 Å². The standard InChI is InChI=1S/C18H19NO.C3H7F/c1-13-11-17(19-18(13)20)12-14-7-9-16(10-8-14)15-5-3-2-4-6-15;1-2-3-4/h2-10,13,17H,11-12H2,1H3,(H,19,20);2-3H2,1H3/t13-,17?;/m1./s1. The summed E-state index contributed by atoms with van der Waals surface area (Å²) in [4.78, 5) is 11.5. The van der Waals surface area contributed by atoms with Crippen molar-refractivity contribution in [1.29, 1.82) is 0 Å². The molecule has 1 aliphatic heterocycles. The minimum absolute atomic E-state index is 0.156. The van der Waals surface area contributed by atoms with Crippen molar-refractivity contribution in [1.82, 2.24) is 5.32 Å². The predicted octanol–water partition coefficient (Wildman–Crippen LogP) is 4.79. The van der Waals surface area contributed by atoms with E-state index in [0.29, 0.717) is 12.5 Å². The number of carbonyl (C=O) groups is 1. The normalized spacial score (nSPS) is 19.4. The summed E-state index contributed by atoms with van der Waals surface area (Å²) in [6.45, 7) is 3.62. The average molecular weight is 327 g/mol. The van der Waals surface area contributed by atoms with E-state index in [1.807, 2.05) is 13.0 Å². The van der Waals surface area contributed by atoms with Gasteiger partial charge in [0.1, 0.15) is 0 Å². The summed E-state index contributed by atoms with van der Waals surface area (Å²) in [6, 6.07) is 19.3. The molecule has 1 heterocycles. The van der Waals surface area contributed by atoms with Crippen LogP contribution in [0.2, 0.25) is 0 Å². The zero-order valence-electron chi connectivity index (χ0n) is 14.5. The van der Waals surface area contributed by atoms with E-state index in [1.165, 1.54) is 16.7 Å². The second-order valence-electron chi connectivity index (χ2n) is 6.30. The number of rotatable bonds is 4. The van der Waals surface area contributed by atoms with Crippen molar-refractivity contribution in [2.24, 2.45) is 5.92 Å². The molecule has 3 rings (SSSR count). The highest BCUT2D eigenvalue weighted by atomic mass is 19.1. The summed E-state index contributed by atoms with van der Waals surface area (Å²) >= 11 is 0. The molecule has 1 N–H and O–H groups in total. The van der Waals surface area contributed by atoms with Gasteiger partial charge in [-0.2, -0.15) is 0 Å². The van der Waals surface area contributed by atoms with Crippen molar-refractivity contribution in [3.05, 3.63) is 60.2 Å². The van der Waals surface area contributed by atoms with Crippen LogP contribution in [0.4, 0.5) is 4.39 Å². The highest BCUT2D eigenvalue weighted by molar-refractivity contribution is 5.80. The van der Waals surface area contributed by atoms with Gasteiger partial charge >= 0.3 is 0 Å². The number of halogens is 1. The minimum atomic E-state index is -0.181. The number of hydrogen-bond acceptors (Lipinski definition) is 1. The zero-order chi connectivity index (χ0) is 17.4. The average Bonchev–Trinajstić information content (AvgIpc) is 2.94. The Morgan fingerprint density at radius 2 is 1.62 bits per heavy atom. The number of hydrogen-bond donors (Lipinski definition) is 1. The maximum absolute atomic E-state index is 11.5. The van der Waals surface area contributed by atoms with Crippen molar-refractivity contribution in [3.63, 3.8) is 0 Å². The number of benzene rings is 2. The molecule has 3 heteroatoms. The van der Waals surface area contributed by atoms with Gasteiger partial charge in [-0.3, -0.25) is 9.18 Å². The van der Waals surface area contributed by atoms with Crippen molar-refractivity contribution < 1.29 is 9.18 Å². The van der Waals surface area contributed by atoms with Gasteiger partial charge in [-0.1, -0.05) is 68.4 Å². The fourth-order valence-corrected chi connectivity index (χ4v) is 2.82. The van der Waals surface area contributed by atoms with Gasteiger partial charge in [-0.25, -0.2) is 0 Å². The van der Waals surface area contributed by atoms with Crippen molar-refractivity contribution in [3.8, 4) is 11.1 Å². The highest BCUT2D eigenvalue weighted by Crippen LogP contribution is 2.22. The fraction of sp³-hybridized carbons (Fsp3) is 0.381. The molecule has 1 saturated heterocycles. The number of alkyl halides is 1. The molecule has 1 fully saturated rings. The lowest BCUT2D eigenvalue weighted by atomic mass is 9.98. The van der Waals surface area contributed by atoms with E-state index in [9.17, 15) is 9.18 Å². The Balaban J connectivity index is 0.000000471. The van der Waals surface area contributed by atoms with Crippen LogP contribution in [0.1, 0.15) is 32.3 Å². The third kappa shape index (κ3) is 5.19. The maximum atomic E-state index is 11.5. The molecule has 0 aliphatic carbocycles. The molecular weight excluding hydrogens is 301 g/mol. The van der Waals surface area contributed by atoms with Crippen LogP contribution in [0.25, 0.3) is 11.1 Å². The van der Waals surface area contributed by atoms with Crippen LogP contribution in [-0.2, 0) is 11.2 Å². The molecular formula is C21H26FNO. The van der Waals surface area contributed by atoms with Crippen molar-refractivity contribution in [2.75, 3.05) is 6.67 Å². The lowest BCUT2D eigenvalue weighted by molar-refractivity contribution is -0.122. The molecule has 0 bridgehead atoms. The Morgan fingerprint density at radius 1 is 1.04 bits per heavy atom. The third-order valence-electron chi connectivity index (χ3n) is 4.16. The maximum Gasteiger partial charge on any atom is 0.223 e. The van der Waals surface area contributed by atoms with Crippen LogP contribution >= 0.6 is 0 Å². The first-order valence-electron chi connectivity index (χ1n) is 8.64. The van der Waals surface area contributed by atoms with E-state index in [1.54, 1.807) is 6.92 Å². The summed E-state index contributed by atoms with van der Waals surface area (Å²) in [5.74, 6) is 0.347. The zero-order valence-corrected chi connectivity index (χ0v) is 14.5. The summed E-state index contributed by atoms with van der Waals surface area (Å²) in [6.07, 6.45) is 2.52. The lowest BCUT2D eigenvalue weighted by Crippen LogP contribution is -2.27. The van der Waals surface area contributed by atoms with E-state index in [0.717, 1.165) is 12.8 Å². The Bertz CT molecular complexity index is 622. The first-order valence-corrected chi connectivity index (χ1v) is 8.64. The van der Waals surface area contributed by atoms with Gasteiger partial charge in [0, 0.05) is 12.0 Å². The van der Waals surface area contributed by atoms with E-state index in [-0.39, 0.29) is 18.5 Å². The summed E-state index contributed by atoms with van der Waals surface area (Å²) in [7, 11) is 0. The lowest BCUT2D eigenvalue weighted by Gasteiger charge is -2.10. The second kappa shape index (κ2) is 9.21. The fourth-order valence-electron chi connectivity index (χ4n) is 2.82. The molecule has 2 atom stereocenters. The largest absolute Gasteiger partial charge is 0.353 e. The SMILES string of the molecule is CCCF.C[C@@H]1CC(Cc2ccc(-c3ccccc3)cc2)NC1=O. The van der Waals surface area contributed by atoms with Crippen LogP contribution in [0.15, 0.2) is 54.6 Å². The summed E-state index contributed by atoms with van der Waals surface area (Å²) in [5.41, 5.74) is 3.75. The molecule has 2 nitrogen and oxygen atoms in total. The molecule has 0 aromatic heterocycles. The molecule has 1 aliphatic rings. The molecule has 0 saturated carbocycles. The molecule has 2 aromatic rings. The molecule has 0 radical (unpaired) electrons. The second-order valence-corrected chi connectivity index (χ2v) is 6.30. The Morgan fingerprint density at radius 3 is 2.12 bits per heavy atom. The van der Waals surface area contributed by atoms with Crippen LogP contribution in [0.3, 0.4) is 0 Å². The Hall–Kier alpha value is -2.16. The molecule has 1 unspecified atom stereocenters. The predicted molar refractivity (Wildman–Crippen MR) is 97.6 cm³/mol. The van der Waals surface area contributed by atoms with E-state index >= 15 is 0 Å². The molecule has 0 spiro atoms. The van der Waals surface area contributed by atoms with Crippen LogP contribution < -0.4 is 5.32 Å². The van der Waals surface area contributed by atoms with Crippen LogP contribution in [0.5, 0.6) is 0 Å².